The molecule has 4 rings (SSSR count). The van der Waals surface area contributed by atoms with Crippen molar-refractivity contribution >= 4 is 17.1 Å². The third kappa shape index (κ3) is 3.65. The van der Waals surface area contributed by atoms with E-state index in [9.17, 15) is 9.59 Å². The number of nitrogens with one attached hydrogen (secondary N) is 1. The standard InChI is InChI=1S/C19H22N6O3/c1-12-6-13(2)8-14(7-12)25-18-17(22-23-25)19(27)24(11-21-18)10-16(26)20-9-15-4-3-5-28-15/h6-8,11,15H,3-5,9-10H2,1-2H3,(H,20,26). The minimum Gasteiger partial charge on any atom is -0.376 e. The molecule has 146 valence electrons. The number of carbonyl (C=O) groups is 1. The van der Waals surface area contributed by atoms with Gasteiger partial charge in [-0.3, -0.25) is 14.2 Å². The van der Waals surface area contributed by atoms with Gasteiger partial charge in [0.2, 0.25) is 5.91 Å². The number of nitrogens with zero attached hydrogens (tertiary/aromatic N) is 5. The smallest absolute Gasteiger partial charge is 0.284 e. The fourth-order valence-corrected chi connectivity index (χ4v) is 3.45. The lowest BCUT2D eigenvalue weighted by Gasteiger charge is -2.11. The molecule has 1 aromatic carbocycles. The second-order valence-electron chi connectivity index (χ2n) is 7.14. The first-order chi connectivity index (χ1) is 13.5. The summed E-state index contributed by atoms with van der Waals surface area (Å²) in [6.45, 7) is 5.05. The van der Waals surface area contributed by atoms with Crippen molar-refractivity contribution in [1.29, 1.82) is 0 Å². The fraction of sp³-hybridized carbons (Fsp3) is 0.421. The highest BCUT2D eigenvalue weighted by Crippen LogP contribution is 2.16. The maximum atomic E-state index is 12.7. The molecule has 0 aliphatic carbocycles. The highest BCUT2D eigenvalue weighted by molar-refractivity contribution is 5.76. The summed E-state index contributed by atoms with van der Waals surface area (Å²) in [7, 11) is 0. The van der Waals surface area contributed by atoms with Gasteiger partial charge in [-0.25, -0.2) is 4.98 Å². The average molecular weight is 382 g/mol. The third-order valence-corrected chi connectivity index (χ3v) is 4.75. The molecule has 0 spiro atoms. The predicted octanol–water partition coefficient (Wildman–Crippen LogP) is 0.889. The number of amides is 1. The van der Waals surface area contributed by atoms with Crippen molar-refractivity contribution in [2.45, 2.75) is 39.3 Å². The number of ether oxygens (including phenoxy) is 1. The number of benzene rings is 1. The molecule has 1 aliphatic rings. The minimum absolute atomic E-state index is 0.0546. The Morgan fingerprint density at radius 2 is 2.07 bits per heavy atom. The van der Waals surface area contributed by atoms with Gasteiger partial charge in [-0.2, -0.15) is 4.68 Å². The summed E-state index contributed by atoms with van der Waals surface area (Å²) in [5.41, 5.74) is 3.05. The lowest BCUT2D eigenvalue weighted by molar-refractivity contribution is -0.122. The van der Waals surface area contributed by atoms with Crippen molar-refractivity contribution in [1.82, 2.24) is 29.9 Å². The first-order valence-corrected chi connectivity index (χ1v) is 9.29. The molecular weight excluding hydrogens is 360 g/mol. The summed E-state index contributed by atoms with van der Waals surface area (Å²) in [5.74, 6) is -0.263. The van der Waals surface area contributed by atoms with Crippen molar-refractivity contribution in [3.63, 3.8) is 0 Å². The van der Waals surface area contributed by atoms with Crippen LogP contribution < -0.4 is 10.9 Å². The number of carbonyl (C=O) groups excluding carboxylic acids is 1. The first-order valence-electron chi connectivity index (χ1n) is 9.29. The molecule has 3 heterocycles. The fourth-order valence-electron chi connectivity index (χ4n) is 3.45. The van der Waals surface area contributed by atoms with Crippen LogP contribution in [0.15, 0.2) is 29.3 Å². The quantitative estimate of drug-likeness (QED) is 0.703. The van der Waals surface area contributed by atoms with Gasteiger partial charge in [0, 0.05) is 13.2 Å². The summed E-state index contributed by atoms with van der Waals surface area (Å²) in [6.07, 6.45) is 3.36. The topological polar surface area (TPSA) is 104 Å². The van der Waals surface area contributed by atoms with Gasteiger partial charge < -0.3 is 10.1 Å². The molecule has 1 aliphatic heterocycles. The molecule has 1 fully saturated rings. The van der Waals surface area contributed by atoms with Crippen LogP contribution in [0.5, 0.6) is 0 Å². The van der Waals surface area contributed by atoms with Crippen LogP contribution in [-0.2, 0) is 16.1 Å². The van der Waals surface area contributed by atoms with Crippen molar-refractivity contribution in [3.8, 4) is 5.69 Å². The summed E-state index contributed by atoms with van der Waals surface area (Å²) >= 11 is 0. The van der Waals surface area contributed by atoms with Crippen molar-refractivity contribution in [2.75, 3.05) is 13.2 Å². The highest BCUT2D eigenvalue weighted by atomic mass is 16.5. The SMILES string of the molecule is Cc1cc(C)cc(-n2nnc3c(=O)n(CC(=O)NCC4CCCO4)cnc32)c1. The van der Waals surface area contributed by atoms with Gasteiger partial charge in [-0.1, -0.05) is 11.3 Å². The predicted molar refractivity (Wildman–Crippen MR) is 102 cm³/mol. The molecule has 1 N–H and O–H groups in total. The summed E-state index contributed by atoms with van der Waals surface area (Å²) in [5, 5.41) is 10.9. The van der Waals surface area contributed by atoms with E-state index in [0.29, 0.717) is 12.2 Å². The van der Waals surface area contributed by atoms with Gasteiger partial charge in [0.1, 0.15) is 12.9 Å². The van der Waals surface area contributed by atoms with E-state index >= 15 is 0 Å². The van der Waals surface area contributed by atoms with E-state index in [2.05, 4.69) is 26.7 Å². The van der Waals surface area contributed by atoms with E-state index in [1.807, 2.05) is 26.0 Å². The Morgan fingerprint density at radius 3 is 2.79 bits per heavy atom. The molecule has 1 saturated heterocycles. The minimum atomic E-state index is -0.395. The summed E-state index contributed by atoms with van der Waals surface area (Å²) < 4.78 is 8.26. The van der Waals surface area contributed by atoms with E-state index in [-0.39, 0.29) is 24.1 Å². The van der Waals surface area contributed by atoms with Crippen LogP contribution in [-0.4, -0.2) is 49.7 Å². The van der Waals surface area contributed by atoms with Crippen LogP contribution >= 0.6 is 0 Å². The van der Waals surface area contributed by atoms with Crippen LogP contribution in [0.4, 0.5) is 0 Å². The molecule has 3 aromatic rings. The number of hydrogen-bond donors (Lipinski definition) is 1. The van der Waals surface area contributed by atoms with Gasteiger partial charge in [-0.05, 0) is 49.9 Å². The van der Waals surface area contributed by atoms with Crippen LogP contribution in [0.1, 0.15) is 24.0 Å². The molecule has 0 radical (unpaired) electrons. The molecule has 0 bridgehead atoms. The maximum Gasteiger partial charge on any atom is 0.284 e. The Morgan fingerprint density at radius 1 is 1.29 bits per heavy atom. The first kappa shape index (κ1) is 18.3. The molecule has 28 heavy (non-hydrogen) atoms. The molecule has 1 amide bonds. The van der Waals surface area contributed by atoms with E-state index < -0.39 is 5.56 Å². The largest absolute Gasteiger partial charge is 0.376 e. The summed E-state index contributed by atoms with van der Waals surface area (Å²) in [6, 6.07) is 5.96. The maximum absolute atomic E-state index is 12.7. The van der Waals surface area contributed by atoms with Gasteiger partial charge in [-0.15, -0.1) is 5.10 Å². The Hall–Kier alpha value is -3.07. The van der Waals surface area contributed by atoms with Gasteiger partial charge >= 0.3 is 0 Å². The van der Waals surface area contributed by atoms with E-state index in [1.54, 1.807) is 4.68 Å². The molecule has 0 saturated carbocycles. The molecule has 2 aromatic heterocycles. The van der Waals surface area contributed by atoms with Crippen LogP contribution in [0.25, 0.3) is 16.9 Å². The van der Waals surface area contributed by atoms with Gasteiger partial charge in [0.15, 0.2) is 11.2 Å². The van der Waals surface area contributed by atoms with Crippen molar-refractivity contribution in [2.24, 2.45) is 0 Å². The van der Waals surface area contributed by atoms with Crippen LogP contribution in [0, 0.1) is 13.8 Å². The van der Waals surface area contributed by atoms with Gasteiger partial charge in [0.05, 0.1) is 11.8 Å². The Labute approximate surface area is 161 Å². The van der Waals surface area contributed by atoms with Gasteiger partial charge in [0.25, 0.3) is 5.56 Å². The molecular formula is C19H22N6O3. The molecule has 9 nitrogen and oxygen atoms in total. The lowest BCUT2D eigenvalue weighted by Crippen LogP contribution is -2.36. The second-order valence-corrected chi connectivity index (χ2v) is 7.14. The second kappa shape index (κ2) is 7.51. The van der Waals surface area contributed by atoms with E-state index in [4.69, 9.17) is 4.74 Å². The Kier molecular flexibility index (Phi) is 4.91. The van der Waals surface area contributed by atoms with Crippen molar-refractivity contribution in [3.05, 3.63) is 46.0 Å². The zero-order valence-corrected chi connectivity index (χ0v) is 15.9. The number of fused-ring (bicyclic) bond motifs is 1. The average Bonchev–Trinajstić information content (AvgIpc) is 3.31. The zero-order chi connectivity index (χ0) is 19.7. The van der Waals surface area contributed by atoms with E-state index in [1.165, 1.54) is 10.9 Å². The Bertz CT molecular complexity index is 1060. The number of hydrogen-bond acceptors (Lipinski definition) is 6. The molecule has 9 heteroatoms. The number of rotatable bonds is 5. The number of aryl methyl sites for hydroxylation is 2. The van der Waals surface area contributed by atoms with Crippen LogP contribution in [0.2, 0.25) is 0 Å². The number of aromatic nitrogens is 5. The normalized spacial score (nSPS) is 16.6. The Balaban J connectivity index is 1.56. The third-order valence-electron chi connectivity index (χ3n) is 4.75. The lowest BCUT2D eigenvalue weighted by atomic mass is 10.1. The van der Waals surface area contributed by atoms with Crippen molar-refractivity contribution < 1.29 is 9.53 Å². The summed E-state index contributed by atoms with van der Waals surface area (Å²) in [4.78, 5) is 29.2. The molecule has 1 atom stereocenters. The molecule has 1 unspecified atom stereocenters. The highest BCUT2D eigenvalue weighted by Gasteiger charge is 2.18. The zero-order valence-electron chi connectivity index (χ0n) is 15.9. The van der Waals surface area contributed by atoms with Crippen LogP contribution in [0.3, 0.4) is 0 Å². The van der Waals surface area contributed by atoms with E-state index in [0.717, 1.165) is 36.3 Å². The monoisotopic (exact) mass is 382 g/mol.